The third-order valence-electron chi connectivity index (χ3n) is 5.57. The Hall–Kier alpha value is -1.69. The molecule has 1 heterocycles. The van der Waals surface area contributed by atoms with Crippen LogP contribution in [0.5, 0.6) is 0 Å². The molecule has 1 fully saturated rings. The average molecular weight is 372 g/mol. The largest absolute Gasteiger partial charge is 0.389 e. The van der Waals surface area contributed by atoms with Gasteiger partial charge in [0.2, 0.25) is 0 Å². The van der Waals surface area contributed by atoms with E-state index in [-0.39, 0.29) is 6.04 Å². The average Bonchev–Trinajstić information content (AvgIpc) is 2.67. The summed E-state index contributed by atoms with van der Waals surface area (Å²) in [5.74, 6) is 0. The maximum atomic E-state index is 10.3. The first-order valence-electron chi connectivity index (χ1n) is 8.85. The predicted octanol–water partition coefficient (Wildman–Crippen LogP) is 2.93. The first-order valence-corrected chi connectivity index (χ1v) is 9.23. The number of β-amino-alcohol motifs (C(OH)–C–C–N with tert-alkyl or cyclic N) is 1. The lowest BCUT2D eigenvalue weighted by Crippen LogP contribution is -2.59. The number of fused-ring (bicyclic) bond motifs is 2. The molecule has 5 heteroatoms. The summed E-state index contributed by atoms with van der Waals surface area (Å²) < 4.78 is 0. The van der Waals surface area contributed by atoms with Crippen molar-refractivity contribution < 1.29 is 15.3 Å². The number of aliphatic hydroxyl groups is 3. The normalized spacial score (nSPS) is 27.3. The summed E-state index contributed by atoms with van der Waals surface area (Å²) in [6.45, 7) is 2.74. The van der Waals surface area contributed by atoms with E-state index in [9.17, 15) is 15.3 Å². The quantitative estimate of drug-likeness (QED) is 0.606. The number of aliphatic hydroxyl groups excluding tert-OH is 3. The molecule has 3 N–H and O–H groups in total. The molecule has 26 heavy (non-hydrogen) atoms. The maximum Gasteiger partial charge on any atom is 0.108 e. The molecule has 4 nitrogen and oxygen atoms in total. The van der Waals surface area contributed by atoms with Gasteiger partial charge < -0.3 is 15.3 Å². The van der Waals surface area contributed by atoms with Crippen molar-refractivity contribution in [2.45, 2.75) is 37.8 Å². The van der Waals surface area contributed by atoms with Crippen LogP contribution >= 0.6 is 11.6 Å². The van der Waals surface area contributed by atoms with Gasteiger partial charge in [0.05, 0.1) is 17.2 Å². The van der Waals surface area contributed by atoms with Crippen LogP contribution in [0.15, 0.2) is 48.5 Å². The molecule has 1 unspecified atom stereocenters. The van der Waals surface area contributed by atoms with Gasteiger partial charge in [0, 0.05) is 29.9 Å². The van der Waals surface area contributed by atoms with Gasteiger partial charge >= 0.3 is 0 Å². The molecular formula is C21H22ClNO3. The van der Waals surface area contributed by atoms with Gasteiger partial charge in [-0.1, -0.05) is 60.1 Å². The minimum absolute atomic E-state index is 0.262. The van der Waals surface area contributed by atoms with E-state index >= 15 is 0 Å². The second-order valence-corrected chi connectivity index (χ2v) is 7.48. The van der Waals surface area contributed by atoms with Crippen LogP contribution in [0.25, 0.3) is 21.5 Å². The summed E-state index contributed by atoms with van der Waals surface area (Å²) in [5, 5.41) is 35.2. The van der Waals surface area contributed by atoms with Crippen LogP contribution in [0.2, 0.25) is 5.02 Å². The van der Waals surface area contributed by atoms with Gasteiger partial charge in [0.15, 0.2) is 0 Å². The number of rotatable bonds is 2. The highest BCUT2D eigenvalue weighted by Crippen LogP contribution is 2.37. The lowest BCUT2D eigenvalue weighted by Gasteiger charge is -2.42. The molecule has 0 spiro atoms. The molecule has 4 rings (SSSR count). The highest BCUT2D eigenvalue weighted by molar-refractivity contribution is 6.41. The fourth-order valence-electron chi connectivity index (χ4n) is 3.99. The van der Waals surface area contributed by atoms with Crippen LogP contribution in [0.3, 0.4) is 0 Å². The van der Waals surface area contributed by atoms with E-state index in [2.05, 4.69) is 12.1 Å². The summed E-state index contributed by atoms with van der Waals surface area (Å²) in [6, 6.07) is 15.8. The minimum Gasteiger partial charge on any atom is -0.389 e. The maximum absolute atomic E-state index is 10.3. The fraction of sp³-hybridized carbons (Fsp3) is 0.333. The standard InChI is InChI=1S/C21H22ClNO3/c1-12-20(25)21(26)18(24)11-23(12)10-17-13-6-2-4-8-15(13)19(22)16-9-5-3-7-14(16)17/h2-9,12,18,20-21,24-26H,10-11H2,1H3/t12?,18-,20-,21-/m1/s1. The van der Waals surface area contributed by atoms with Crippen molar-refractivity contribution in [2.75, 3.05) is 6.54 Å². The number of piperidine rings is 1. The van der Waals surface area contributed by atoms with E-state index in [1.807, 2.05) is 48.2 Å². The summed E-state index contributed by atoms with van der Waals surface area (Å²) in [4.78, 5) is 2.02. The van der Waals surface area contributed by atoms with Gasteiger partial charge in [0.1, 0.15) is 6.10 Å². The summed E-state index contributed by atoms with van der Waals surface area (Å²) in [5.41, 5.74) is 1.11. The van der Waals surface area contributed by atoms with Crippen LogP contribution < -0.4 is 0 Å². The van der Waals surface area contributed by atoms with Crippen molar-refractivity contribution in [1.29, 1.82) is 0 Å². The summed E-state index contributed by atoms with van der Waals surface area (Å²) in [7, 11) is 0. The molecule has 136 valence electrons. The van der Waals surface area contributed by atoms with Crippen molar-refractivity contribution >= 4 is 33.1 Å². The molecule has 1 aliphatic rings. The zero-order chi connectivity index (χ0) is 18.4. The Bertz CT molecular complexity index is 904. The van der Waals surface area contributed by atoms with E-state index in [0.717, 1.165) is 32.1 Å². The van der Waals surface area contributed by atoms with Crippen LogP contribution in [0.1, 0.15) is 12.5 Å². The fourth-order valence-corrected chi connectivity index (χ4v) is 4.32. The Balaban J connectivity index is 1.86. The predicted molar refractivity (Wildman–Crippen MR) is 104 cm³/mol. The third-order valence-corrected chi connectivity index (χ3v) is 5.98. The molecule has 0 aromatic heterocycles. The Labute approximate surface area is 157 Å². The molecule has 0 saturated carbocycles. The molecule has 3 aromatic rings. The van der Waals surface area contributed by atoms with Crippen molar-refractivity contribution in [1.82, 2.24) is 4.90 Å². The molecule has 0 aliphatic carbocycles. The third kappa shape index (κ3) is 2.79. The number of benzene rings is 3. The van der Waals surface area contributed by atoms with Gasteiger partial charge in [-0.3, -0.25) is 4.90 Å². The summed E-state index contributed by atoms with van der Waals surface area (Å²) in [6.07, 6.45) is -3.06. The van der Waals surface area contributed by atoms with Crippen molar-refractivity contribution in [2.24, 2.45) is 0 Å². The highest BCUT2D eigenvalue weighted by atomic mass is 35.5. The Morgan fingerprint density at radius 1 is 0.885 bits per heavy atom. The Morgan fingerprint density at radius 3 is 1.92 bits per heavy atom. The molecule has 3 aromatic carbocycles. The molecule has 4 atom stereocenters. The van der Waals surface area contributed by atoms with Crippen LogP contribution in [0, 0.1) is 0 Å². The lowest BCUT2D eigenvalue weighted by molar-refractivity contribution is -0.135. The summed E-state index contributed by atoms with van der Waals surface area (Å²) >= 11 is 6.66. The molecular weight excluding hydrogens is 350 g/mol. The molecule has 0 amide bonds. The van der Waals surface area contributed by atoms with Gasteiger partial charge in [-0.05, 0) is 23.3 Å². The smallest absolute Gasteiger partial charge is 0.108 e. The molecule has 1 aliphatic heterocycles. The molecule has 0 bridgehead atoms. The van der Waals surface area contributed by atoms with Gasteiger partial charge in [-0.2, -0.15) is 0 Å². The van der Waals surface area contributed by atoms with Gasteiger partial charge in [-0.25, -0.2) is 0 Å². The minimum atomic E-state index is -1.11. The van der Waals surface area contributed by atoms with Crippen LogP contribution in [-0.4, -0.2) is 51.1 Å². The first kappa shape index (κ1) is 17.7. The Morgan fingerprint density at radius 2 is 1.38 bits per heavy atom. The van der Waals surface area contributed by atoms with E-state index in [4.69, 9.17) is 11.6 Å². The van der Waals surface area contributed by atoms with E-state index in [1.54, 1.807) is 0 Å². The van der Waals surface area contributed by atoms with Crippen LogP contribution in [0.4, 0.5) is 0 Å². The number of hydrogen-bond acceptors (Lipinski definition) is 4. The first-order chi connectivity index (χ1) is 12.5. The Kier molecular flexibility index (Phi) is 4.63. The number of nitrogens with zero attached hydrogens (tertiary/aromatic N) is 1. The van der Waals surface area contributed by atoms with E-state index in [1.165, 1.54) is 0 Å². The SMILES string of the molecule is CC1[C@@H](O)[C@H](O)[C@H](O)CN1Cc1c2ccccc2c(Cl)c2ccccc12. The lowest BCUT2D eigenvalue weighted by atomic mass is 9.92. The zero-order valence-corrected chi connectivity index (χ0v) is 15.3. The van der Waals surface area contributed by atoms with Crippen molar-refractivity contribution in [3.8, 4) is 0 Å². The van der Waals surface area contributed by atoms with Gasteiger partial charge in [0.25, 0.3) is 0 Å². The molecule has 1 saturated heterocycles. The number of halogens is 1. The topological polar surface area (TPSA) is 63.9 Å². The van der Waals surface area contributed by atoms with E-state index in [0.29, 0.717) is 13.1 Å². The zero-order valence-electron chi connectivity index (χ0n) is 14.5. The second-order valence-electron chi connectivity index (χ2n) is 7.10. The monoisotopic (exact) mass is 371 g/mol. The second kappa shape index (κ2) is 6.80. The highest BCUT2D eigenvalue weighted by Gasteiger charge is 2.39. The van der Waals surface area contributed by atoms with Crippen LogP contribution in [-0.2, 0) is 6.54 Å². The number of hydrogen-bond donors (Lipinski definition) is 3. The molecule has 0 radical (unpaired) electrons. The van der Waals surface area contributed by atoms with Crippen molar-refractivity contribution in [3.05, 3.63) is 59.1 Å². The number of likely N-dealkylation sites (tertiary alicyclic amines) is 1. The van der Waals surface area contributed by atoms with Crippen molar-refractivity contribution in [3.63, 3.8) is 0 Å². The van der Waals surface area contributed by atoms with Gasteiger partial charge in [-0.15, -0.1) is 0 Å². The van der Waals surface area contributed by atoms with E-state index < -0.39 is 18.3 Å².